The first-order chi connectivity index (χ1) is 31.6. The van der Waals surface area contributed by atoms with Gasteiger partial charge in [-0.1, -0.05) is 111 Å². The molecule has 4 aromatic rings. The Morgan fingerprint density at radius 2 is 1.22 bits per heavy atom. The molecule has 0 aliphatic carbocycles. The van der Waals surface area contributed by atoms with E-state index in [9.17, 15) is 18.7 Å². The molecule has 3 aromatic carbocycles. The summed E-state index contributed by atoms with van der Waals surface area (Å²) in [5, 5.41) is 23.8. The second-order valence-electron chi connectivity index (χ2n) is 14.3. The molecule has 26 heteroatoms. The van der Waals surface area contributed by atoms with Gasteiger partial charge in [0.25, 0.3) is 0 Å². The SMILES string of the molecule is C.C.C.C.C.C.C.C.COP(=O)(CN(CCc1ccc(C)cc1)CP(=O)(OC)OC)OC.CO[P+](=S)N(C)/N=C/c1ccc(OC=COc2ccc(CCNC(=O)Cn3cc(CCCCC(=O)O)nn3)cc2)cc1.Cl.[Cm].[Co]. The predicted molar refractivity (Wildman–Crippen MR) is 318 cm³/mol. The number of hydrogen-bond acceptors (Lipinski definition) is 16. The zero-order valence-corrected chi connectivity index (χ0v) is 47.8. The first kappa shape index (κ1) is 91.5. The van der Waals surface area contributed by atoms with Crippen LogP contribution in [0, 0.1) is 6.92 Å². The van der Waals surface area contributed by atoms with Crippen molar-refractivity contribution in [3.05, 3.63) is 119 Å². The van der Waals surface area contributed by atoms with Crippen molar-refractivity contribution in [3.63, 3.8) is 0 Å². The Bertz CT molecular complexity index is 2230. The molecule has 0 fully saturated rings. The molecule has 1 aromatic heterocycles. The van der Waals surface area contributed by atoms with Gasteiger partial charge in [0.2, 0.25) is 17.7 Å². The molecule has 0 saturated carbocycles. The molecule has 77 heavy (non-hydrogen) atoms. The average molecular weight is 1460 g/mol. The number of unbranched alkanes of at least 4 members (excludes halogenated alkanes) is 1. The molecule has 0 saturated heterocycles. The number of nitrogens with zero attached hydrogens (tertiary/aromatic N) is 6. The fourth-order valence-electron chi connectivity index (χ4n) is 5.65. The number of aliphatic carboxylic acids is 1. The zero-order chi connectivity index (χ0) is 48.4. The molecule has 19 nitrogen and oxygen atoms in total. The Morgan fingerprint density at radius 3 is 1.69 bits per heavy atom. The molecule has 2 N–H and O–H groups in total. The summed E-state index contributed by atoms with van der Waals surface area (Å²) in [7, 11) is 0.935. The summed E-state index contributed by atoms with van der Waals surface area (Å²) in [5.74, 6) is 0.337. The molecule has 1 amide bonds. The quantitative estimate of drug-likeness (QED) is 0.0170. The number of amides is 1. The standard InChI is InChI=1S/C28H33N6O6PS.C15H27NO6P2.8CH4.ClH.Cm.Co/c1-33(41(42)38-2)30-19-23-9-13-26(14-10-23)40-18-17-39-25-11-7-22(8-12-25)15-16-29-27(35)21-34-20-24(31-32-34)5-3-4-6-28(36)37;1-14-6-8-15(9-7-14)10-11-16(12-23(17,19-2)20-3)13-24(18,21-4)22-5;;;;;;;;;;;/h7-14,17-20H,3-6,15-16,21H2,1-2H3,(H-,29,35,36,37);6-9H,10-13H2,1-5H3;8*1H4;1H;;/p+1/b18-17?,30-19+;;;;;;;;;;;;. The van der Waals surface area contributed by atoms with E-state index >= 15 is 0 Å². The van der Waals surface area contributed by atoms with Gasteiger partial charge in [-0.3, -0.25) is 23.6 Å². The fourth-order valence-corrected chi connectivity index (χ4v) is 8.53. The minimum absolute atomic E-state index is 0. The van der Waals surface area contributed by atoms with Crippen molar-refractivity contribution in [1.82, 2.24) is 30.0 Å². The molecule has 0 aliphatic heterocycles. The second kappa shape index (κ2) is 49.4. The number of benzene rings is 3. The van der Waals surface area contributed by atoms with E-state index in [4.69, 9.17) is 49.0 Å². The van der Waals surface area contributed by atoms with E-state index in [0.717, 1.165) is 22.4 Å². The summed E-state index contributed by atoms with van der Waals surface area (Å²) in [5.41, 5.74) is 5.00. The summed E-state index contributed by atoms with van der Waals surface area (Å²) < 4.78 is 64.1. The molecule has 4 rings (SSSR count). The van der Waals surface area contributed by atoms with Crippen LogP contribution in [0.4, 0.5) is 0 Å². The molecule has 1 unspecified atom stereocenters. The van der Waals surface area contributed by atoms with Crippen LogP contribution in [0.1, 0.15) is 107 Å². The minimum atomic E-state index is -3.28. The van der Waals surface area contributed by atoms with Crippen molar-refractivity contribution in [2.75, 3.05) is 68.3 Å². The third-order valence-corrected chi connectivity index (χ3v) is 15.2. The first-order valence-corrected chi connectivity index (χ1v) is 26.3. The number of hydrazone groups is 1. The van der Waals surface area contributed by atoms with Crippen molar-refractivity contribution in [1.29, 1.82) is 0 Å². The third-order valence-electron chi connectivity index (χ3n) is 9.43. The Labute approximate surface area is 480 Å². The van der Waals surface area contributed by atoms with E-state index in [0.29, 0.717) is 56.7 Å². The van der Waals surface area contributed by atoms with E-state index in [1.165, 1.54) is 51.2 Å². The number of aryl methyl sites for hydroxylation is 2. The van der Waals surface area contributed by atoms with E-state index in [2.05, 4.69) is 20.7 Å². The number of carbonyl (C=O) groups is 2. The summed E-state index contributed by atoms with van der Waals surface area (Å²) in [4.78, 5) is 24.5. The van der Waals surface area contributed by atoms with Crippen LogP contribution >= 0.6 is 34.7 Å². The largest absolute Gasteiger partial charge is 0.488 e. The van der Waals surface area contributed by atoms with E-state index in [1.807, 2.05) is 79.7 Å². The van der Waals surface area contributed by atoms with E-state index < -0.39 is 28.2 Å². The number of carboxylic acids is 1. The number of carboxylic acid groups (broad SMARTS) is 1. The number of hydrogen-bond donors (Lipinski definition) is 2. The smallest absolute Gasteiger partial charge is 0.481 e. The predicted octanol–water partition coefficient (Wildman–Crippen LogP) is 13.3. The van der Waals surface area contributed by atoms with Crippen molar-refractivity contribution in [2.24, 2.45) is 5.10 Å². The van der Waals surface area contributed by atoms with Crippen molar-refractivity contribution < 1.29 is 72.7 Å². The third kappa shape index (κ3) is 36.7. The number of ether oxygens (including phenoxy) is 2. The summed E-state index contributed by atoms with van der Waals surface area (Å²) in [6, 6.07) is 23.1. The van der Waals surface area contributed by atoms with Crippen LogP contribution in [0.5, 0.6) is 11.5 Å². The van der Waals surface area contributed by atoms with Gasteiger partial charge in [-0.15, -0.1) is 22.6 Å². The Balaban J connectivity index is -0.000000166. The normalized spacial score (nSPS) is 10.3. The van der Waals surface area contributed by atoms with Crippen molar-refractivity contribution in [3.8, 4) is 11.5 Å². The second-order valence-corrected chi connectivity index (χ2v) is 21.2. The van der Waals surface area contributed by atoms with Gasteiger partial charge >= 0.3 is 28.2 Å². The molecular weight excluding hydrogens is 1370 g/mol. The zero-order valence-electron chi connectivity index (χ0n) is 39.5. The van der Waals surface area contributed by atoms with Gasteiger partial charge in [0.1, 0.15) is 43.1 Å². The topological polar surface area (TPSA) is 215 Å². The maximum absolute atomic E-state index is 12.4. The van der Waals surface area contributed by atoms with Crippen LogP contribution < -0.4 is 14.8 Å². The number of halogens is 1. The van der Waals surface area contributed by atoms with Crippen LogP contribution in [0.2, 0.25) is 0 Å². The van der Waals surface area contributed by atoms with E-state index in [-0.39, 0.29) is 120 Å². The first-order valence-electron chi connectivity index (χ1n) is 20.6. The molecule has 1 radical (unpaired) electrons. The molecule has 1 heterocycles. The Hall–Kier alpha value is -4.91. The van der Waals surface area contributed by atoms with Gasteiger partial charge in [0.15, 0.2) is 0 Å². The van der Waals surface area contributed by atoms with Gasteiger partial charge in [-0.2, -0.15) is 4.52 Å². The molecule has 0 bridgehead atoms. The Kier molecular flexibility index (Phi) is 58.7. The van der Waals surface area contributed by atoms with Gasteiger partial charge < -0.3 is 38.0 Å². The maximum atomic E-state index is 12.4. The molecular formula is C51H94ClCmCoN7O12P3S+. The minimum Gasteiger partial charge on any atom is -0.481 e. The molecule has 449 valence electrons. The van der Waals surface area contributed by atoms with Gasteiger partial charge in [0.05, 0.1) is 26.1 Å². The molecule has 0 aliphatic rings. The Morgan fingerprint density at radius 1 is 0.753 bits per heavy atom. The van der Waals surface area contributed by atoms with Crippen LogP contribution in [-0.2, 0) is 95.7 Å². The summed E-state index contributed by atoms with van der Waals surface area (Å²) in [6.07, 6.45) is 9.76. The number of nitrogens with one attached hydrogen (secondary N) is 1. The average Bonchev–Trinajstić information content (AvgIpc) is 3.77. The van der Waals surface area contributed by atoms with Crippen molar-refractivity contribution in [2.45, 2.75) is 111 Å². The molecule has 1 atom stereocenters. The van der Waals surface area contributed by atoms with Crippen LogP contribution in [-0.4, -0.2) is 116 Å². The van der Waals surface area contributed by atoms with Crippen molar-refractivity contribution >= 4 is 64.6 Å². The monoisotopic (exact) mass is 1460 g/mol. The number of carbonyl (C=O) groups excluding carboxylic acids is 1. The number of rotatable bonds is 29. The fraction of sp³-hybridized carbons (Fsp3) is 0.510. The van der Waals surface area contributed by atoms with E-state index in [1.54, 1.807) is 36.2 Å². The van der Waals surface area contributed by atoms with Crippen LogP contribution in [0.3, 0.4) is 0 Å². The van der Waals surface area contributed by atoms with Gasteiger partial charge in [0, 0.05) is 70.9 Å². The summed E-state index contributed by atoms with van der Waals surface area (Å²) >= 11 is 5.15. The van der Waals surface area contributed by atoms with Crippen LogP contribution in [0.15, 0.2) is 96.6 Å². The maximum Gasteiger partial charge on any atom is 0.488 e. The van der Waals surface area contributed by atoms with Gasteiger partial charge in [-0.25, -0.2) is 4.68 Å². The van der Waals surface area contributed by atoms with Gasteiger partial charge in [-0.05, 0) is 92.1 Å². The van der Waals surface area contributed by atoms with Crippen LogP contribution in [0.25, 0.3) is 0 Å². The summed E-state index contributed by atoms with van der Waals surface area (Å²) in [6.45, 7) is 3.09. The number of aromatic nitrogens is 3. The molecule has 0 spiro atoms.